The lowest BCUT2D eigenvalue weighted by atomic mass is 10.4. The van der Waals surface area contributed by atoms with E-state index in [2.05, 4.69) is 22.1 Å². The van der Waals surface area contributed by atoms with Crippen molar-refractivity contribution < 1.29 is 9.53 Å². The topological polar surface area (TPSA) is 57.2 Å². The highest BCUT2D eigenvalue weighted by Crippen LogP contribution is 2.28. The molecule has 23 heavy (non-hydrogen) atoms. The molecule has 1 heterocycles. The minimum atomic E-state index is 0.297. The normalized spacial score (nSPS) is 18.6. The molecule has 2 fully saturated rings. The highest BCUT2D eigenvalue weighted by Gasteiger charge is 2.21. The van der Waals surface area contributed by atoms with Gasteiger partial charge in [-0.15, -0.1) is 0 Å². The van der Waals surface area contributed by atoms with Crippen molar-refractivity contribution in [3.05, 3.63) is 0 Å². The van der Waals surface area contributed by atoms with Crippen molar-refractivity contribution in [2.75, 3.05) is 53.0 Å². The molecule has 0 radical (unpaired) electrons. The van der Waals surface area contributed by atoms with E-state index in [1.165, 1.54) is 12.8 Å². The lowest BCUT2D eigenvalue weighted by Crippen LogP contribution is -2.40. The summed E-state index contributed by atoms with van der Waals surface area (Å²) >= 11 is 0. The zero-order valence-electron chi connectivity index (χ0n) is 14.7. The second-order valence-electron chi connectivity index (χ2n) is 6.51. The summed E-state index contributed by atoms with van der Waals surface area (Å²) in [7, 11) is 2.05. The Morgan fingerprint density at radius 2 is 2.30 bits per heavy atom. The molecule has 0 bridgehead atoms. The molecule has 0 aromatic rings. The number of guanidine groups is 1. The van der Waals surface area contributed by atoms with Crippen LogP contribution in [0.1, 0.15) is 39.0 Å². The summed E-state index contributed by atoms with van der Waals surface area (Å²) in [5.41, 5.74) is 0. The number of ether oxygens (including phenoxy) is 1. The number of likely N-dealkylation sites (N-methyl/N-ethyl adjacent to an activating group) is 1. The van der Waals surface area contributed by atoms with Crippen LogP contribution in [0.5, 0.6) is 0 Å². The highest BCUT2D eigenvalue weighted by molar-refractivity contribution is 5.79. The van der Waals surface area contributed by atoms with Gasteiger partial charge in [-0.1, -0.05) is 0 Å². The number of nitrogens with one attached hydrogen (secondary N) is 1. The van der Waals surface area contributed by atoms with Crippen LogP contribution in [0, 0.1) is 5.92 Å². The molecule has 0 unspecified atom stereocenters. The van der Waals surface area contributed by atoms with Crippen molar-refractivity contribution in [2.24, 2.45) is 10.9 Å². The molecule has 6 nitrogen and oxygen atoms in total. The number of nitrogens with zero attached hydrogens (tertiary/aromatic N) is 3. The van der Waals surface area contributed by atoms with Crippen molar-refractivity contribution in [3.8, 4) is 0 Å². The average Bonchev–Trinajstić information content (AvgIpc) is 3.28. The van der Waals surface area contributed by atoms with Crippen molar-refractivity contribution >= 4 is 11.9 Å². The Bertz CT molecular complexity index is 396. The molecule has 1 N–H and O–H groups in total. The van der Waals surface area contributed by atoms with E-state index < -0.39 is 0 Å². The molecule has 2 rings (SSSR count). The summed E-state index contributed by atoms with van der Waals surface area (Å²) in [6.45, 7) is 7.94. The molecule has 1 saturated heterocycles. The second-order valence-corrected chi connectivity index (χ2v) is 6.51. The first-order valence-corrected chi connectivity index (χ1v) is 9.05. The third kappa shape index (κ3) is 6.77. The molecule has 132 valence electrons. The van der Waals surface area contributed by atoms with Gasteiger partial charge in [0, 0.05) is 52.8 Å². The van der Waals surface area contributed by atoms with Gasteiger partial charge >= 0.3 is 0 Å². The molecule has 0 aromatic carbocycles. The van der Waals surface area contributed by atoms with Crippen LogP contribution >= 0.6 is 0 Å². The van der Waals surface area contributed by atoms with Gasteiger partial charge in [-0.2, -0.15) is 0 Å². The summed E-state index contributed by atoms with van der Waals surface area (Å²) in [6.07, 6.45) is 5.31. The molecule has 0 aromatic heterocycles. The third-order valence-corrected chi connectivity index (χ3v) is 4.34. The molecule has 2 aliphatic rings. The van der Waals surface area contributed by atoms with Crippen molar-refractivity contribution in [2.45, 2.75) is 39.0 Å². The quantitative estimate of drug-likeness (QED) is 0.374. The van der Waals surface area contributed by atoms with Crippen LogP contribution in [-0.4, -0.2) is 74.7 Å². The summed E-state index contributed by atoms with van der Waals surface area (Å²) in [6, 6.07) is 0. The molecule has 1 aliphatic heterocycles. The molecule has 1 aliphatic carbocycles. The first-order chi connectivity index (χ1) is 11.2. The van der Waals surface area contributed by atoms with Crippen molar-refractivity contribution in [3.63, 3.8) is 0 Å². The fourth-order valence-electron chi connectivity index (χ4n) is 2.70. The fourth-order valence-corrected chi connectivity index (χ4v) is 2.70. The lowest BCUT2D eigenvalue weighted by molar-refractivity contribution is -0.127. The minimum Gasteiger partial charge on any atom is -0.379 e. The number of rotatable bonds is 10. The van der Waals surface area contributed by atoms with Gasteiger partial charge in [0.1, 0.15) is 0 Å². The molecule has 6 heteroatoms. The van der Waals surface area contributed by atoms with Crippen LogP contribution in [0.25, 0.3) is 0 Å². The fraction of sp³-hybridized carbons (Fsp3) is 0.882. The van der Waals surface area contributed by atoms with E-state index in [0.29, 0.717) is 5.91 Å². The zero-order valence-corrected chi connectivity index (χ0v) is 14.7. The summed E-state index contributed by atoms with van der Waals surface area (Å²) in [5.74, 6) is 2.04. The smallest absolute Gasteiger partial charge is 0.222 e. The van der Waals surface area contributed by atoms with Gasteiger partial charge in [0.25, 0.3) is 0 Å². The van der Waals surface area contributed by atoms with E-state index in [0.717, 1.165) is 77.1 Å². The van der Waals surface area contributed by atoms with Gasteiger partial charge < -0.3 is 19.9 Å². The number of aliphatic imine (C=N–C) groups is 1. The van der Waals surface area contributed by atoms with E-state index in [-0.39, 0.29) is 0 Å². The first kappa shape index (κ1) is 18.0. The highest BCUT2D eigenvalue weighted by atomic mass is 16.5. The molecule has 1 amide bonds. The van der Waals surface area contributed by atoms with E-state index in [1.54, 1.807) is 0 Å². The number of hydrogen-bond acceptors (Lipinski definition) is 3. The van der Waals surface area contributed by atoms with Crippen LogP contribution < -0.4 is 5.32 Å². The second kappa shape index (κ2) is 9.75. The maximum atomic E-state index is 11.6. The minimum absolute atomic E-state index is 0.297. The molecular formula is C17H32N4O2. The molecule has 0 spiro atoms. The van der Waals surface area contributed by atoms with Crippen LogP contribution in [0.15, 0.2) is 4.99 Å². The predicted molar refractivity (Wildman–Crippen MR) is 92.6 cm³/mol. The summed E-state index contributed by atoms with van der Waals surface area (Å²) in [4.78, 5) is 20.3. The molecule has 1 saturated carbocycles. The maximum absolute atomic E-state index is 11.6. The number of likely N-dealkylation sites (tertiary alicyclic amines) is 1. The lowest BCUT2D eigenvalue weighted by Gasteiger charge is -2.22. The Hall–Kier alpha value is -1.30. The SMILES string of the molecule is CCNC(=NCCCN1CCCC1=O)N(C)CCOCC1CC1. The number of amides is 1. The van der Waals surface area contributed by atoms with Crippen LogP contribution in [0.4, 0.5) is 0 Å². The average molecular weight is 324 g/mol. The Morgan fingerprint density at radius 1 is 1.48 bits per heavy atom. The standard InChI is InChI=1S/C17H32N4O2/c1-3-18-17(20(2)12-13-23-14-15-7-8-15)19-9-5-11-21-10-4-6-16(21)22/h15H,3-14H2,1-2H3,(H,18,19). The largest absolute Gasteiger partial charge is 0.379 e. The molecular weight excluding hydrogens is 292 g/mol. The summed E-state index contributed by atoms with van der Waals surface area (Å²) in [5, 5.41) is 3.32. The first-order valence-electron chi connectivity index (χ1n) is 9.05. The van der Waals surface area contributed by atoms with Gasteiger partial charge in [-0.05, 0) is 38.5 Å². The van der Waals surface area contributed by atoms with Crippen LogP contribution in [-0.2, 0) is 9.53 Å². The van der Waals surface area contributed by atoms with E-state index in [4.69, 9.17) is 4.74 Å². The predicted octanol–water partition coefficient (Wildman–Crippen LogP) is 1.32. The van der Waals surface area contributed by atoms with Crippen LogP contribution in [0.2, 0.25) is 0 Å². The van der Waals surface area contributed by atoms with Gasteiger partial charge in [0.2, 0.25) is 5.91 Å². The van der Waals surface area contributed by atoms with E-state index in [9.17, 15) is 4.79 Å². The van der Waals surface area contributed by atoms with Gasteiger partial charge in [0.15, 0.2) is 5.96 Å². The van der Waals surface area contributed by atoms with E-state index >= 15 is 0 Å². The van der Waals surface area contributed by atoms with Gasteiger partial charge in [-0.25, -0.2) is 0 Å². The van der Waals surface area contributed by atoms with E-state index in [1.807, 2.05) is 11.9 Å². The van der Waals surface area contributed by atoms with Crippen molar-refractivity contribution in [1.82, 2.24) is 15.1 Å². The number of carbonyl (C=O) groups excluding carboxylic acids is 1. The number of hydrogen-bond donors (Lipinski definition) is 1. The number of carbonyl (C=O) groups is 1. The Morgan fingerprint density at radius 3 is 2.96 bits per heavy atom. The maximum Gasteiger partial charge on any atom is 0.222 e. The molecule has 0 atom stereocenters. The monoisotopic (exact) mass is 324 g/mol. The third-order valence-electron chi connectivity index (χ3n) is 4.34. The van der Waals surface area contributed by atoms with Gasteiger partial charge in [-0.3, -0.25) is 9.79 Å². The Balaban J connectivity index is 1.64. The summed E-state index contributed by atoms with van der Waals surface area (Å²) < 4.78 is 5.69. The van der Waals surface area contributed by atoms with Crippen LogP contribution in [0.3, 0.4) is 0 Å². The zero-order chi connectivity index (χ0) is 16.5. The van der Waals surface area contributed by atoms with Gasteiger partial charge in [0.05, 0.1) is 6.61 Å². The Labute approximate surface area is 140 Å². The van der Waals surface area contributed by atoms with Crippen molar-refractivity contribution in [1.29, 1.82) is 0 Å². The Kier molecular flexibility index (Phi) is 7.65.